The number of rotatable bonds is 6. The molecule has 4 nitrogen and oxygen atoms in total. The van der Waals surface area contributed by atoms with Gasteiger partial charge in [0, 0.05) is 4.90 Å². The summed E-state index contributed by atoms with van der Waals surface area (Å²) in [5, 5.41) is 4.37. The Balaban J connectivity index is 1.82. The van der Waals surface area contributed by atoms with Gasteiger partial charge in [0.25, 0.3) is 0 Å². The highest BCUT2D eigenvalue weighted by Gasteiger charge is 2.30. The highest BCUT2D eigenvalue weighted by molar-refractivity contribution is 7.80. The molecule has 0 unspecified atom stereocenters. The van der Waals surface area contributed by atoms with Crippen LogP contribution in [0.4, 0.5) is 0 Å². The minimum absolute atomic E-state index is 0.401. The maximum atomic E-state index is 12.3. The number of fused-ring (bicyclic) bond motifs is 3. The molecule has 0 saturated carbocycles. The van der Waals surface area contributed by atoms with E-state index in [-0.39, 0.29) is 0 Å². The second kappa shape index (κ2) is 8.31. The van der Waals surface area contributed by atoms with Crippen LogP contribution in [-0.2, 0) is 24.7 Å². The quantitative estimate of drug-likeness (QED) is 0.298. The average Bonchev–Trinajstić information content (AvgIpc) is 2.71. The van der Waals surface area contributed by atoms with E-state index in [4.69, 9.17) is 9.47 Å². The van der Waals surface area contributed by atoms with Crippen molar-refractivity contribution in [2.24, 2.45) is 5.41 Å². The van der Waals surface area contributed by atoms with Gasteiger partial charge in [0.15, 0.2) is 6.61 Å². The number of benzene rings is 3. The molecule has 3 aromatic rings. The minimum atomic E-state index is -0.885. The van der Waals surface area contributed by atoms with Gasteiger partial charge in [-0.2, -0.15) is 0 Å². The molecule has 0 aromatic heterocycles. The van der Waals surface area contributed by atoms with Gasteiger partial charge < -0.3 is 9.47 Å². The topological polar surface area (TPSA) is 52.6 Å². The van der Waals surface area contributed by atoms with Gasteiger partial charge in [-0.25, -0.2) is 4.79 Å². The Kier molecular flexibility index (Phi) is 6.14. The summed E-state index contributed by atoms with van der Waals surface area (Å²) in [6.07, 6.45) is 0.629. The van der Waals surface area contributed by atoms with Crippen LogP contribution in [0, 0.1) is 5.41 Å². The smallest absolute Gasteiger partial charge is 0.345 e. The van der Waals surface area contributed by atoms with Crippen LogP contribution < -0.4 is 0 Å². The molecular weight excluding hydrogens is 396 g/mol. The molecular formula is C25H28O4S. The largest absolute Gasteiger partial charge is 0.453 e. The molecule has 0 aliphatic carbocycles. The lowest BCUT2D eigenvalue weighted by molar-refractivity contribution is -0.172. The van der Waals surface area contributed by atoms with Crippen LogP contribution in [0.1, 0.15) is 46.6 Å². The van der Waals surface area contributed by atoms with E-state index in [0.717, 1.165) is 32.0 Å². The number of esters is 2. The Morgan fingerprint density at radius 3 is 2.33 bits per heavy atom. The van der Waals surface area contributed by atoms with Crippen molar-refractivity contribution >= 4 is 46.1 Å². The Hall–Kier alpha value is -2.53. The van der Waals surface area contributed by atoms with E-state index in [9.17, 15) is 9.59 Å². The van der Waals surface area contributed by atoms with E-state index >= 15 is 0 Å². The van der Waals surface area contributed by atoms with Gasteiger partial charge in [0.1, 0.15) is 5.60 Å². The van der Waals surface area contributed by atoms with Gasteiger partial charge in [-0.3, -0.25) is 4.79 Å². The number of carbonyl (C=O) groups excluding carboxylic acids is 2. The van der Waals surface area contributed by atoms with Crippen molar-refractivity contribution < 1.29 is 19.1 Å². The average molecular weight is 425 g/mol. The van der Waals surface area contributed by atoms with Gasteiger partial charge in [-0.15, -0.1) is 12.6 Å². The van der Waals surface area contributed by atoms with E-state index in [0.29, 0.717) is 6.42 Å². The Bertz CT molecular complexity index is 1110. The van der Waals surface area contributed by atoms with Crippen molar-refractivity contribution in [1.29, 1.82) is 0 Å². The Morgan fingerprint density at radius 2 is 1.63 bits per heavy atom. The molecule has 0 amide bonds. The molecule has 0 heterocycles. The van der Waals surface area contributed by atoms with Gasteiger partial charge in [0.2, 0.25) is 0 Å². The summed E-state index contributed by atoms with van der Waals surface area (Å²) >= 11 is 4.67. The van der Waals surface area contributed by atoms with E-state index in [1.807, 2.05) is 57.2 Å². The van der Waals surface area contributed by atoms with Crippen LogP contribution >= 0.6 is 12.6 Å². The summed E-state index contributed by atoms with van der Waals surface area (Å²) in [6.45, 7) is 8.73. The van der Waals surface area contributed by atoms with Gasteiger partial charge in [0.05, 0.1) is 5.41 Å². The van der Waals surface area contributed by atoms with Crippen molar-refractivity contribution in [3.63, 3.8) is 0 Å². The molecule has 3 aromatic carbocycles. The van der Waals surface area contributed by atoms with Crippen LogP contribution in [-0.4, -0.2) is 18.5 Å². The highest BCUT2D eigenvalue weighted by Crippen LogP contribution is 2.35. The van der Waals surface area contributed by atoms with E-state index < -0.39 is 29.6 Å². The van der Waals surface area contributed by atoms with E-state index in [2.05, 4.69) is 24.8 Å². The van der Waals surface area contributed by atoms with Crippen LogP contribution in [0.3, 0.4) is 0 Å². The summed E-state index contributed by atoms with van der Waals surface area (Å²) < 4.78 is 10.8. The van der Waals surface area contributed by atoms with Crippen molar-refractivity contribution in [2.45, 2.75) is 51.5 Å². The van der Waals surface area contributed by atoms with Crippen molar-refractivity contribution in [3.8, 4) is 0 Å². The first kappa shape index (κ1) is 22.2. The molecule has 0 aliphatic rings. The lowest BCUT2D eigenvalue weighted by Gasteiger charge is -2.27. The van der Waals surface area contributed by atoms with Crippen LogP contribution in [0.25, 0.3) is 21.5 Å². The number of carbonyl (C=O) groups is 2. The molecule has 0 fully saturated rings. The first-order valence-corrected chi connectivity index (χ1v) is 10.5. The predicted octanol–water partition coefficient (Wildman–Crippen LogP) is 6.04. The summed E-state index contributed by atoms with van der Waals surface area (Å²) in [6, 6.07) is 16.2. The zero-order valence-electron chi connectivity index (χ0n) is 18.1. The van der Waals surface area contributed by atoms with Gasteiger partial charge in [-0.1, -0.05) is 43.3 Å². The highest BCUT2D eigenvalue weighted by atomic mass is 32.1. The molecule has 0 N–H and O–H groups in total. The third-order valence-electron chi connectivity index (χ3n) is 5.66. The summed E-state index contributed by atoms with van der Waals surface area (Å²) in [7, 11) is 0. The lowest BCUT2D eigenvalue weighted by Crippen LogP contribution is -2.31. The molecule has 0 radical (unpaired) electrons. The Labute approximate surface area is 183 Å². The maximum absolute atomic E-state index is 12.3. The summed E-state index contributed by atoms with van der Waals surface area (Å²) in [5.41, 5.74) is -0.668. The standard InChI is InChI=1S/C25H28O4S/c1-6-24(2,3)23(27)28-15-22(26)29-25(4,5)17-11-12-19-18-10-8-7-9-16(18)13-21(30)20(19)14-17/h7-14,30H,6,15H2,1-5H3. The maximum Gasteiger partial charge on any atom is 0.345 e. The number of ether oxygens (including phenoxy) is 2. The fraction of sp³-hybridized carbons (Fsp3) is 0.360. The molecule has 0 saturated heterocycles. The van der Waals surface area contributed by atoms with Crippen molar-refractivity contribution in [2.75, 3.05) is 6.61 Å². The van der Waals surface area contributed by atoms with Crippen LogP contribution in [0.2, 0.25) is 0 Å². The number of hydrogen-bond acceptors (Lipinski definition) is 5. The zero-order valence-corrected chi connectivity index (χ0v) is 19.0. The first-order valence-electron chi connectivity index (χ1n) is 10.1. The number of thiol groups is 1. The normalized spacial score (nSPS) is 12.2. The predicted molar refractivity (Wildman–Crippen MR) is 123 cm³/mol. The van der Waals surface area contributed by atoms with E-state index in [1.54, 1.807) is 13.8 Å². The van der Waals surface area contributed by atoms with Gasteiger partial charge >= 0.3 is 11.9 Å². The Morgan fingerprint density at radius 1 is 0.933 bits per heavy atom. The monoisotopic (exact) mass is 424 g/mol. The molecule has 0 spiro atoms. The molecule has 0 aliphatic heterocycles. The lowest BCUT2D eigenvalue weighted by atomic mass is 9.91. The summed E-state index contributed by atoms with van der Waals surface area (Å²) in [5.74, 6) is -0.984. The third-order valence-corrected chi connectivity index (χ3v) is 6.03. The first-order chi connectivity index (χ1) is 14.0. The number of hydrogen-bond donors (Lipinski definition) is 1. The molecule has 30 heavy (non-hydrogen) atoms. The second-order valence-corrected chi connectivity index (χ2v) is 9.16. The molecule has 158 valence electrons. The SMILES string of the molecule is CCC(C)(C)C(=O)OCC(=O)OC(C)(C)c1ccc2c(c1)c(S)cc1ccccc12. The summed E-state index contributed by atoms with van der Waals surface area (Å²) in [4.78, 5) is 25.3. The van der Waals surface area contributed by atoms with Crippen LogP contribution in [0.15, 0.2) is 53.4 Å². The fourth-order valence-corrected chi connectivity index (χ4v) is 3.62. The second-order valence-electron chi connectivity index (χ2n) is 8.68. The zero-order chi connectivity index (χ0) is 22.1. The molecule has 0 bridgehead atoms. The van der Waals surface area contributed by atoms with Crippen molar-refractivity contribution in [1.82, 2.24) is 0 Å². The third kappa shape index (κ3) is 4.46. The molecule has 0 atom stereocenters. The molecule has 5 heteroatoms. The van der Waals surface area contributed by atoms with Crippen LogP contribution in [0.5, 0.6) is 0 Å². The minimum Gasteiger partial charge on any atom is -0.453 e. The van der Waals surface area contributed by atoms with E-state index in [1.165, 1.54) is 0 Å². The van der Waals surface area contributed by atoms with Crippen molar-refractivity contribution in [3.05, 3.63) is 54.1 Å². The fourth-order valence-electron chi connectivity index (χ4n) is 3.30. The van der Waals surface area contributed by atoms with Gasteiger partial charge in [-0.05, 0) is 73.4 Å². The molecule has 3 rings (SSSR count).